The van der Waals surface area contributed by atoms with Crippen molar-refractivity contribution in [2.45, 2.75) is 84.9 Å². The molecule has 1 unspecified atom stereocenters. The van der Waals surface area contributed by atoms with Crippen molar-refractivity contribution in [1.82, 2.24) is 15.5 Å². The molecule has 0 aliphatic carbocycles. The zero-order valence-electron chi connectivity index (χ0n) is 21.3. The quantitative estimate of drug-likeness (QED) is 0.491. The minimum Gasteiger partial charge on any atom is -0.444 e. The van der Waals surface area contributed by atoms with Crippen molar-refractivity contribution in [2.75, 3.05) is 13.1 Å². The van der Waals surface area contributed by atoms with E-state index in [0.29, 0.717) is 12.1 Å². The highest BCUT2D eigenvalue weighted by molar-refractivity contribution is 5.90. The van der Waals surface area contributed by atoms with Crippen LogP contribution in [-0.2, 0) is 14.3 Å². The van der Waals surface area contributed by atoms with Gasteiger partial charge in [-0.15, -0.1) is 0 Å². The van der Waals surface area contributed by atoms with E-state index in [1.807, 2.05) is 45.0 Å². The Kier molecular flexibility index (Phi) is 10.6. The van der Waals surface area contributed by atoms with Crippen LogP contribution < -0.4 is 10.6 Å². The molecule has 184 valence electrons. The normalized spacial score (nSPS) is 12.5. The van der Waals surface area contributed by atoms with Crippen molar-refractivity contribution in [2.24, 2.45) is 0 Å². The fraction of sp³-hybridized carbons (Fsp3) is 0.577. The van der Waals surface area contributed by atoms with E-state index >= 15 is 0 Å². The number of nitrogens with one attached hydrogen (secondary N) is 2. The Labute approximate surface area is 198 Å². The Morgan fingerprint density at radius 3 is 2.33 bits per heavy atom. The SMILES string of the molecule is C=Cc1cccc(C(C(=O)NC(C)(C)C)N(CCCCC)C(=O)CNC(=O)OC(C)(C)C)c1. The van der Waals surface area contributed by atoms with E-state index in [-0.39, 0.29) is 18.4 Å². The lowest BCUT2D eigenvalue weighted by molar-refractivity contribution is -0.141. The second-order valence-corrected chi connectivity index (χ2v) is 10.2. The number of ether oxygens (including phenoxy) is 1. The van der Waals surface area contributed by atoms with Crippen LogP contribution in [0.15, 0.2) is 30.8 Å². The smallest absolute Gasteiger partial charge is 0.408 e. The van der Waals surface area contributed by atoms with E-state index in [0.717, 1.165) is 24.8 Å². The molecule has 1 aromatic rings. The minimum absolute atomic E-state index is 0.262. The molecule has 2 N–H and O–H groups in total. The second kappa shape index (κ2) is 12.4. The van der Waals surface area contributed by atoms with Gasteiger partial charge in [-0.05, 0) is 65.2 Å². The van der Waals surface area contributed by atoms with Gasteiger partial charge in [-0.2, -0.15) is 0 Å². The van der Waals surface area contributed by atoms with Crippen molar-refractivity contribution >= 4 is 24.0 Å². The molecule has 33 heavy (non-hydrogen) atoms. The Balaban J connectivity index is 3.28. The molecule has 0 bridgehead atoms. The van der Waals surface area contributed by atoms with Crippen LogP contribution in [0.25, 0.3) is 6.08 Å². The number of amides is 3. The van der Waals surface area contributed by atoms with Gasteiger partial charge in [0, 0.05) is 12.1 Å². The second-order valence-electron chi connectivity index (χ2n) is 10.2. The van der Waals surface area contributed by atoms with Crippen LogP contribution in [0.2, 0.25) is 0 Å². The molecule has 1 rings (SSSR count). The van der Waals surface area contributed by atoms with Crippen molar-refractivity contribution in [3.63, 3.8) is 0 Å². The van der Waals surface area contributed by atoms with Gasteiger partial charge in [0.15, 0.2) is 0 Å². The third kappa shape index (κ3) is 10.6. The summed E-state index contributed by atoms with van der Waals surface area (Å²) in [5.41, 5.74) is 0.400. The van der Waals surface area contributed by atoms with Crippen molar-refractivity contribution in [3.8, 4) is 0 Å². The molecule has 0 aromatic heterocycles. The first-order chi connectivity index (χ1) is 15.3. The lowest BCUT2D eigenvalue weighted by Gasteiger charge is -2.34. The molecule has 1 atom stereocenters. The summed E-state index contributed by atoms with van der Waals surface area (Å²) in [7, 11) is 0. The Morgan fingerprint density at radius 1 is 1.12 bits per heavy atom. The molecule has 0 saturated carbocycles. The number of hydrogen-bond donors (Lipinski definition) is 2. The van der Waals surface area contributed by atoms with Gasteiger partial charge in [-0.3, -0.25) is 9.59 Å². The first-order valence-corrected chi connectivity index (χ1v) is 11.6. The van der Waals surface area contributed by atoms with Gasteiger partial charge in [0.2, 0.25) is 11.8 Å². The molecule has 7 nitrogen and oxygen atoms in total. The molecule has 3 amide bonds. The van der Waals surface area contributed by atoms with Gasteiger partial charge in [-0.1, -0.05) is 50.6 Å². The minimum atomic E-state index is -0.839. The molecular weight excluding hydrogens is 418 g/mol. The predicted octanol–water partition coefficient (Wildman–Crippen LogP) is 4.83. The zero-order valence-corrected chi connectivity index (χ0v) is 21.3. The van der Waals surface area contributed by atoms with E-state index < -0.39 is 23.3 Å². The van der Waals surface area contributed by atoms with Gasteiger partial charge in [-0.25, -0.2) is 4.79 Å². The summed E-state index contributed by atoms with van der Waals surface area (Å²) in [6.45, 7) is 17.0. The summed E-state index contributed by atoms with van der Waals surface area (Å²) < 4.78 is 5.24. The summed E-state index contributed by atoms with van der Waals surface area (Å²) in [5, 5.41) is 5.53. The summed E-state index contributed by atoms with van der Waals surface area (Å²) in [6.07, 6.45) is 3.67. The fourth-order valence-electron chi connectivity index (χ4n) is 3.26. The number of hydrogen-bond acceptors (Lipinski definition) is 4. The third-order valence-corrected chi connectivity index (χ3v) is 4.63. The van der Waals surface area contributed by atoms with Crippen LogP contribution in [0.1, 0.15) is 84.9 Å². The van der Waals surface area contributed by atoms with E-state index in [2.05, 4.69) is 24.1 Å². The molecule has 7 heteroatoms. The summed E-state index contributed by atoms with van der Waals surface area (Å²) in [4.78, 5) is 40.4. The zero-order chi connectivity index (χ0) is 25.2. The molecular formula is C26H41N3O4. The average molecular weight is 460 g/mol. The van der Waals surface area contributed by atoms with E-state index in [9.17, 15) is 14.4 Å². The predicted molar refractivity (Wildman–Crippen MR) is 133 cm³/mol. The Hall–Kier alpha value is -2.83. The monoisotopic (exact) mass is 459 g/mol. The van der Waals surface area contributed by atoms with Crippen LogP contribution in [0, 0.1) is 0 Å². The van der Waals surface area contributed by atoms with Gasteiger partial charge in [0.25, 0.3) is 0 Å². The highest BCUT2D eigenvalue weighted by Gasteiger charge is 2.33. The molecule has 0 heterocycles. The van der Waals surface area contributed by atoms with Gasteiger partial charge < -0.3 is 20.3 Å². The molecule has 0 aliphatic rings. The number of unbranched alkanes of at least 4 members (excludes halogenated alkanes) is 2. The van der Waals surface area contributed by atoms with Crippen LogP contribution in [0.5, 0.6) is 0 Å². The number of carbonyl (C=O) groups excluding carboxylic acids is 3. The first kappa shape index (κ1) is 28.2. The van der Waals surface area contributed by atoms with Crippen LogP contribution >= 0.6 is 0 Å². The van der Waals surface area contributed by atoms with Crippen LogP contribution in [0.4, 0.5) is 4.79 Å². The van der Waals surface area contributed by atoms with Crippen molar-refractivity contribution in [3.05, 3.63) is 42.0 Å². The Bertz CT molecular complexity index is 822. The number of rotatable bonds is 10. The number of alkyl carbamates (subject to hydrolysis) is 1. The molecule has 0 radical (unpaired) electrons. The maximum atomic E-state index is 13.4. The maximum Gasteiger partial charge on any atom is 0.408 e. The first-order valence-electron chi connectivity index (χ1n) is 11.6. The summed E-state index contributed by atoms with van der Waals surface area (Å²) >= 11 is 0. The van der Waals surface area contributed by atoms with E-state index in [1.165, 1.54) is 0 Å². The molecule has 0 spiro atoms. The number of nitrogens with zero attached hydrogens (tertiary/aromatic N) is 1. The van der Waals surface area contributed by atoms with E-state index in [4.69, 9.17) is 4.74 Å². The van der Waals surface area contributed by atoms with E-state index in [1.54, 1.807) is 31.7 Å². The molecule has 1 aromatic carbocycles. The van der Waals surface area contributed by atoms with Crippen molar-refractivity contribution in [1.29, 1.82) is 0 Å². The van der Waals surface area contributed by atoms with Crippen molar-refractivity contribution < 1.29 is 19.1 Å². The third-order valence-electron chi connectivity index (χ3n) is 4.63. The average Bonchev–Trinajstić information content (AvgIpc) is 2.69. The number of carbonyl (C=O) groups is 3. The highest BCUT2D eigenvalue weighted by atomic mass is 16.6. The van der Waals surface area contributed by atoms with Gasteiger partial charge in [0.1, 0.15) is 18.2 Å². The lowest BCUT2D eigenvalue weighted by Crippen LogP contribution is -2.51. The summed E-state index contributed by atoms with van der Waals surface area (Å²) in [5.74, 6) is -0.624. The standard InChI is InChI=1S/C26H41N3O4/c1-9-11-12-16-29(21(30)18-27-24(32)33-26(6,7)8)22(23(31)28-25(3,4)5)20-15-13-14-19(10-2)17-20/h10,13-15,17,22H,2,9,11-12,16,18H2,1,3-8H3,(H,27,32)(H,28,31). The molecule has 0 saturated heterocycles. The maximum absolute atomic E-state index is 13.4. The molecule has 0 aliphatic heterocycles. The fourth-order valence-corrected chi connectivity index (χ4v) is 3.26. The Morgan fingerprint density at radius 2 is 1.79 bits per heavy atom. The largest absolute Gasteiger partial charge is 0.444 e. The van der Waals surface area contributed by atoms with Gasteiger partial charge >= 0.3 is 6.09 Å². The van der Waals surface area contributed by atoms with Crippen LogP contribution in [0.3, 0.4) is 0 Å². The lowest BCUT2D eigenvalue weighted by atomic mass is 9.99. The topological polar surface area (TPSA) is 87.7 Å². The van der Waals surface area contributed by atoms with Gasteiger partial charge in [0.05, 0.1) is 0 Å². The molecule has 0 fully saturated rings. The highest BCUT2D eigenvalue weighted by Crippen LogP contribution is 2.25. The summed E-state index contributed by atoms with van der Waals surface area (Å²) in [6, 6.07) is 6.59. The number of benzene rings is 1. The van der Waals surface area contributed by atoms with Crippen LogP contribution in [-0.4, -0.2) is 47.0 Å².